The molecule has 0 spiro atoms. The Bertz CT molecular complexity index is 487. The van der Waals surface area contributed by atoms with Crippen LogP contribution in [-0.2, 0) is 4.74 Å². The van der Waals surface area contributed by atoms with Crippen LogP contribution in [0.5, 0.6) is 11.5 Å². The molecule has 1 saturated heterocycles. The maximum Gasteiger partial charge on any atom is 0.321 e. The number of methoxy groups -OCH3 is 2. The third-order valence-corrected chi connectivity index (χ3v) is 3.61. The molecular weight excluding hydrogens is 272 g/mol. The van der Waals surface area contributed by atoms with Crippen molar-refractivity contribution in [1.82, 2.24) is 5.32 Å². The van der Waals surface area contributed by atoms with Crippen molar-refractivity contribution < 1.29 is 19.0 Å². The van der Waals surface area contributed by atoms with Crippen LogP contribution in [0.25, 0.3) is 0 Å². The number of hydrogen-bond acceptors (Lipinski definition) is 4. The first kappa shape index (κ1) is 15.4. The van der Waals surface area contributed by atoms with Crippen molar-refractivity contribution in [2.75, 3.05) is 39.4 Å². The number of carbonyl (C=O) groups excluding carboxylic acids is 1. The minimum absolute atomic E-state index is 0.130. The first-order chi connectivity index (χ1) is 10.2. The van der Waals surface area contributed by atoms with E-state index in [1.165, 1.54) is 0 Å². The van der Waals surface area contributed by atoms with Crippen LogP contribution in [0.15, 0.2) is 18.2 Å². The molecule has 0 aliphatic carbocycles. The Hall–Kier alpha value is -1.95. The molecule has 0 bridgehead atoms. The molecule has 21 heavy (non-hydrogen) atoms. The second kappa shape index (κ2) is 7.17. The number of nitrogens with zero attached hydrogens (tertiary/aromatic N) is 1. The zero-order valence-corrected chi connectivity index (χ0v) is 12.7. The number of nitrogens with one attached hydrogen (secondary N) is 1. The smallest absolute Gasteiger partial charge is 0.321 e. The lowest BCUT2D eigenvalue weighted by molar-refractivity contribution is 0.0804. The van der Waals surface area contributed by atoms with E-state index in [-0.39, 0.29) is 12.1 Å². The highest BCUT2D eigenvalue weighted by atomic mass is 16.5. The lowest BCUT2D eigenvalue weighted by Gasteiger charge is -2.26. The molecule has 0 unspecified atom stereocenters. The summed E-state index contributed by atoms with van der Waals surface area (Å²) in [6, 6.07) is 5.43. The van der Waals surface area contributed by atoms with Gasteiger partial charge in [-0.3, -0.25) is 4.90 Å². The molecule has 1 aliphatic rings. The van der Waals surface area contributed by atoms with Crippen LogP contribution in [-0.4, -0.2) is 46.6 Å². The summed E-state index contributed by atoms with van der Waals surface area (Å²) in [6.07, 6.45) is 1.71. The van der Waals surface area contributed by atoms with E-state index < -0.39 is 0 Å². The fourth-order valence-electron chi connectivity index (χ4n) is 2.26. The first-order valence-electron chi connectivity index (χ1n) is 6.99. The molecule has 2 amide bonds. The van der Waals surface area contributed by atoms with Gasteiger partial charge in [-0.1, -0.05) is 0 Å². The van der Waals surface area contributed by atoms with Gasteiger partial charge in [0.1, 0.15) is 0 Å². The molecule has 1 N–H and O–H groups in total. The summed E-state index contributed by atoms with van der Waals surface area (Å²) in [5.41, 5.74) is 0.747. The van der Waals surface area contributed by atoms with Gasteiger partial charge >= 0.3 is 6.03 Å². The Morgan fingerprint density at radius 1 is 1.24 bits per heavy atom. The average molecular weight is 294 g/mol. The maximum absolute atomic E-state index is 12.3. The van der Waals surface area contributed by atoms with Crippen molar-refractivity contribution in [3.63, 3.8) is 0 Å². The standard InChI is InChI=1S/C15H22N2O4/c1-17(15(18)16-11-6-8-21-9-7-11)12-4-5-13(19-2)14(10-12)20-3/h4-5,10-11H,6-9H2,1-3H3,(H,16,18). The quantitative estimate of drug-likeness (QED) is 0.923. The zero-order chi connectivity index (χ0) is 15.2. The molecule has 1 heterocycles. The van der Waals surface area contributed by atoms with Crippen LogP contribution in [0.2, 0.25) is 0 Å². The lowest BCUT2D eigenvalue weighted by atomic mass is 10.1. The number of benzene rings is 1. The molecule has 0 atom stereocenters. The molecule has 0 aromatic heterocycles. The minimum Gasteiger partial charge on any atom is -0.493 e. The van der Waals surface area contributed by atoms with Crippen molar-refractivity contribution in [3.8, 4) is 11.5 Å². The fraction of sp³-hybridized carbons (Fsp3) is 0.533. The highest BCUT2D eigenvalue weighted by Crippen LogP contribution is 2.31. The average Bonchev–Trinajstić information content (AvgIpc) is 2.54. The molecule has 1 aromatic carbocycles. The fourth-order valence-corrected chi connectivity index (χ4v) is 2.26. The Balaban J connectivity index is 2.04. The number of anilines is 1. The molecule has 1 aromatic rings. The minimum atomic E-state index is -0.130. The van der Waals surface area contributed by atoms with E-state index in [1.54, 1.807) is 38.3 Å². The van der Waals surface area contributed by atoms with Crippen LogP contribution in [0.4, 0.5) is 10.5 Å². The number of hydrogen-bond donors (Lipinski definition) is 1. The van der Waals surface area contributed by atoms with Gasteiger partial charge in [0.2, 0.25) is 0 Å². The van der Waals surface area contributed by atoms with E-state index in [0.717, 1.165) is 18.5 Å². The van der Waals surface area contributed by atoms with Gasteiger partial charge in [0.05, 0.1) is 14.2 Å². The summed E-state index contributed by atoms with van der Waals surface area (Å²) >= 11 is 0. The van der Waals surface area contributed by atoms with Gasteiger partial charge in [0, 0.05) is 38.1 Å². The van der Waals surface area contributed by atoms with E-state index in [4.69, 9.17) is 14.2 Å². The summed E-state index contributed by atoms with van der Waals surface area (Å²) in [5.74, 6) is 1.24. The molecule has 116 valence electrons. The van der Waals surface area contributed by atoms with E-state index in [2.05, 4.69) is 5.32 Å². The van der Waals surface area contributed by atoms with E-state index in [9.17, 15) is 4.79 Å². The normalized spacial score (nSPS) is 15.4. The predicted molar refractivity (Wildman–Crippen MR) is 80.3 cm³/mol. The van der Waals surface area contributed by atoms with Gasteiger partial charge in [0.15, 0.2) is 11.5 Å². The number of ether oxygens (including phenoxy) is 3. The van der Waals surface area contributed by atoms with Gasteiger partial charge in [-0.2, -0.15) is 0 Å². The van der Waals surface area contributed by atoms with Crippen molar-refractivity contribution in [3.05, 3.63) is 18.2 Å². The molecule has 1 fully saturated rings. The highest BCUT2D eigenvalue weighted by Gasteiger charge is 2.19. The number of urea groups is 1. The molecule has 6 nitrogen and oxygen atoms in total. The molecule has 0 saturated carbocycles. The van der Waals surface area contributed by atoms with Gasteiger partial charge in [-0.15, -0.1) is 0 Å². The Morgan fingerprint density at radius 3 is 2.52 bits per heavy atom. The van der Waals surface area contributed by atoms with Crippen LogP contribution >= 0.6 is 0 Å². The van der Waals surface area contributed by atoms with E-state index >= 15 is 0 Å². The zero-order valence-electron chi connectivity index (χ0n) is 12.7. The molecule has 6 heteroatoms. The summed E-state index contributed by atoms with van der Waals surface area (Å²) < 4.78 is 15.7. The maximum atomic E-state index is 12.3. The Labute approximate surface area is 125 Å². The third kappa shape index (κ3) is 3.78. The molecule has 0 radical (unpaired) electrons. The largest absolute Gasteiger partial charge is 0.493 e. The van der Waals surface area contributed by atoms with Crippen LogP contribution in [0.1, 0.15) is 12.8 Å². The Kier molecular flexibility index (Phi) is 5.27. The number of rotatable bonds is 4. The Morgan fingerprint density at radius 2 is 1.90 bits per heavy atom. The van der Waals surface area contributed by atoms with Crippen molar-refractivity contribution in [1.29, 1.82) is 0 Å². The molecule has 2 rings (SSSR count). The first-order valence-corrected chi connectivity index (χ1v) is 6.99. The van der Waals surface area contributed by atoms with E-state index in [1.807, 2.05) is 6.07 Å². The SMILES string of the molecule is COc1ccc(N(C)C(=O)NC2CCOCC2)cc1OC. The van der Waals surface area contributed by atoms with Gasteiger partial charge in [-0.05, 0) is 25.0 Å². The lowest BCUT2D eigenvalue weighted by Crippen LogP contribution is -2.45. The summed E-state index contributed by atoms with van der Waals surface area (Å²) in [7, 11) is 4.89. The third-order valence-electron chi connectivity index (χ3n) is 3.61. The van der Waals surface area contributed by atoms with Crippen molar-refractivity contribution >= 4 is 11.7 Å². The van der Waals surface area contributed by atoms with Gasteiger partial charge < -0.3 is 19.5 Å². The van der Waals surface area contributed by atoms with Crippen LogP contribution in [0.3, 0.4) is 0 Å². The summed E-state index contributed by atoms with van der Waals surface area (Å²) in [6.45, 7) is 1.40. The second-order valence-corrected chi connectivity index (χ2v) is 4.93. The van der Waals surface area contributed by atoms with Crippen molar-refractivity contribution in [2.24, 2.45) is 0 Å². The van der Waals surface area contributed by atoms with Crippen molar-refractivity contribution in [2.45, 2.75) is 18.9 Å². The highest BCUT2D eigenvalue weighted by molar-refractivity contribution is 5.92. The summed E-state index contributed by atoms with van der Waals surface area (Å²) in [4.78, 5) is 13.8. The molecule has 1 aliphatic heterocycles. The second-order valence-electron chi connectivity index (χ2n) is 4.93. The monoisotopic (exact) mass is 294 g/mol. The predicted octanol–water partition coefficient (Wildman–Crippen LogP) is 2.03. The number of amides is 2. The molecular formula is C15H22N2O4. The topological polar surface area (TPSA) is 60.0 Å². The number of carbonyl (C=O) groups is 1. The van der Waals surface area contributed by atoms with Gasteiger partial charge in [0.25, 0.3) is 0 Å². The van der Waals surface area contributed by atoms with Crippen LogP contribution in [0, 0.1) is 0 Å². The summed E-state index contributed by atoms with van der Waals surface area (Å²) in [5, 5.41) is 3.02. The van der Waals surface area contributed by atoms with Crippen LogP contribution < -0.4 is 19.7 Å². The van der Waals surface area contributed by atoms with E-state index in [0.29, 0.717) is 24.7 Å². The van der Waals surface area contributed by atoms with Gasteiger partial charge in [-0.25, -0.2) is 4.79 Å².